The smallest absolute Gasteiger partial charge is 0.269 e. The van der Waals surface area contributed by atoms with Crippen LogP contribution < -0.4 is 9.88 Å². The van der Waals surface area contributed by atoms with Crippen LogP contribution >= 0.6 is 0 Å². The number of rotatable bonds is 8. The fourth-order valence-electron chi connectivity index (χ4n) is 2.82. The number of hydrogen-bond donors (Lipinski definition) is 1. The number of nitro benzene ring substituents is 1. The van der Waals surface area contributed by atoms with Gasteiger partial charge in [-0.3, -0.25) is 10.1 Å². The third-order valence-electron chi connectivity index (χ3n) is 4.28. The van der Waals surface area contributed by atoms with Gasteiger partial charge in [-0.1, -0.05) is 13.3 Å². The van der Waals surface area contributed by atoms with Crippen molar-refractivity contribution in [2.75, 3.05) is 0 Å². The Kier molecular flexibility index (Phi) is 5.61. The molecule has 2 aromatic carbocycles. The summed E-state index contributed by atoms with van der Waals surface area (Å²) in [7, 11) is -3.82. The van der Waals surface area contributed by atoms with Crippen molar-refractivity contribution in [3.8, 4) is 5.75 Å². The molecule has 0 aliphatic rings. The van der Waals surface area contributed by atoms with Crippen molar-refractivity contribution in [2.45, 2.75) is 37.8 Å². The maximum absolute atomic E-state index is 11.6. The number of fused-ring (bicyclic) bond motifs is 1. The molecule has 3 aromatic rings. The number of imidazole rings is 1. The Morgan fingerprint density at radius 1 is 1.21 bits per heavy atom. The quantitative estimate of drug-likeness (QED) is 0.454. The van der Waals surface area contributed by atoms with Gasteiger partial charge in [0.05, 0.1) is 20.9 Å². The fraction of sp³-hybridized carbons (Fsp3) is 0.278. The van der Waals surface area contributed by atoms with E-state index in [1.54, 1.807) is 6.07 Å². The Labute approximate surface area is 162 Å². The molecule has 0 atom stereocenters. The second kappa shape index (κ2) is 7.95. The van der Waals surface area contributed by atoms with Crippen LogP contribution in [0.5, 0.6) is 5.75 Å². The van der Waals surface area contributed by atoms with Crippen molar-refractivity contribution in [1.82, 2.24) is 9.55 Å². The van der Waals surface area contributed by atoms with Gasteiger partial charge in [0.15, 0.2) is 0 Å². The fourth-order valence-corrected chi connectivity index (χ4v) is 3.36. The molecule has 1 heterocycles. The zero-order valence-corrected chi connectivity index (χ0v) is 16.1. The van der Waals surface area contributed by atoms with E-state index >= 15 is 0 Å². The van der Waals surface area contributed by atoms with Gasteiger partial charge >= 0.3 is 0 Å². The zero-order chi connectivity index (χ0) is 20.3. The Morgan fingerprint density at radius 2 is 1.93 bits per heavy atom. The first-order valence-electron chi connectivity index (χ1n) is 8.69. The number of sulfonamides is 1. The van der Waals surface area contributed by atoms with Gasteiger partial charge in [0.1, 0.15) is 18.2 Å². The second-order valence-electron chi connectivity index (χ2n) is 6.27. The summed E-state index contributed by atoms with van der Waals surface area (Å²) in [6.07, 6.45) is 1.91. The minimum absolute atomic E-state index is 0.00276. The number of non-ortho nitro benzene ring substituents is 1. The van der Waals surface area contributed by atoms with E-state index in [1.807, 2.05) is 4.57 Å². The van der Waals surface area contributed by atoms with E-state index in [4.69, 9.17) is 9.88 Å². The number of unbranched alkanes of at least 4 members (excludes halogenated alkanes) is 1. The number of nitrogens with two attached hydrogens (primary N) is 1. The largest absolute Gasteiger partial charge is 0.486 e. The third kappa shape index (κ3) is 4.29. The van der Waals surface area contributed by atoms with Crippen molar-refractivity contribution < 1.29 is 18.1 Å². The lowest BCUT2D eigenvalue weighted by atomic mass is 10.3. The highest BCUT2D eigenvalue weighted by Crippen LogP contribution is 2.23. The molecule has 28 heavy (non-hydrogen) atoms. The van der Waals surface area contributed by atoms with Crippen molar-refractivity contribution in [3.05, 3.63) is 58.4 Å². The molecule has 148 valence electrons. The van der Waals surface area contributed by atoms with Crippen LogP contribution in [0.25, 0.3) is 11.0 Å². The van der Waals surface area contributed by atoms with E-state index in [0.29, 0.717) is 23.6 Å². The summed E-state index contributed by atoms with van der Waals surface area (Å²) in [6.45, 7) is 2.92. The van der Waals surface area contributed by atoms with Crippen molar-refractivity contribution in [3.63, 3.8) is 0 Å². The minimum atomic E-state index is -3.82. The lowest BCUT2D eigenvalue weighted by Crippen LogP contribution is -2.11. The molecule has 0 aliphatic heterocycles. The molecule has 0 fully saturated rings. The molecule has 10 heteroatoms. The lowest BCUT2D eigenvalue weighted by Gasteiger charge is -2.10. The van der Waals surface area contributed by atoms with E-state index in [-0.39, 0.29) is 17.2 Å². The molecule has 3 rings (SSSR count). The summed E-state index contributed by atoms with van der Waals surface area (Å²) in [5.74, 6) is 1.11. The predicted octanol–water partition coefficient (Wildman–Crippen LogP) is 2.97. The predicted molar refractivity (Wildman–Crippen MR) is 103 cm³/mol. The Balaban J connectivity index is 1.90. The van der Waals surface area contributed by atoms with Crippen LogP contribution in [0.2, 0.25) is 0 Å². The minimum Gasteiger partial charge on any atom is -0.486 e. The molecule has 0 saturated carbocycles. The molecular formula is C18H20N4O5S. The van der Waals surface area contributed by atoms with Crippen molar-refractivity contribution >= 4 is 26.7 Å². The van der Waals surface area contributed by atoms with E-state index in [0.717, 1.165) is 18.4 Å². The number of nitrogens with zero attached hydrogens (tertiary/aromatic N) is 3. The van der Waals surface area contributed by atoms with E-state index in [9.17, 15) is 18.5 Å². The maximum atomic E-state index is 11.6. The van der Waals surface area contributed by atoms with E-state index in [2.05, 4.69) is 11.9 Å². The summed E-state index contributed by atoms with van der Waals surface area (Å²) in [5, 5.41) is 15.9. The molecule has 0 aliphatic carbocycles. The number of benzene rings is 2. The molecule has 0 radical (unpaired) electrons. The maximum Gasteiger partial charge on any atom is 0.269 e. The SMILES string of the molecule is CCCCn1c(COc2ccc([N+](=O)[O-])cc2)nc2cc(S(N)(=O)=O)ccc21. The van der Waals surface area contributed by atoms with Gasteiger partial charge in [-0.05, 0) is 36.8 Å². The van der Waals surface area contributed by atoms with Crippen LogP contribution in [0, 0.1) is 10.1 Å². The number of aryl methyl sites for hydroxylation is 1. The van der Waals surface area contributed by atoms with Crippen LogP contribution in [0.15, 0.2) is 47.4 Å². The van der Waals surface area contributed by atoms with Crippen LogP contribution in [0.3, 0.4) is 0 Å². The molecule has 0 amide bonds. The first kappa shape index (κ1) is 19.8. The number of hydrogen-bond acceptors (Lipinski definition) is 6. The highest BCUT2D eigenvalue weighted by atomic mass is 32.2. The van der Waals surface area contributed by atoms with Crippen LogP contribution in [0.1, 0.15) is 25.6 Å². The summed E-state index contributed by atoms with van der Waals surface area (Å²) >= 11 is 0. The van der Waals surface area contributed by atoms with Crippen molar-refractivity contribution in [2.24, 2.45) is 5.14 Å². The van der Waals surface area contributed by atoms with Crippen LogP contribution in [-0.2, 0) is 23.2 Å². The van der Waals surface area contributed by atoms with Gasteiger partial charge in [0.25, 0.3) is 5.69 Å². The molecule has 2 N–H and O–H groups in total. The third-order valence-corrected chi connectivity index (χ3v) is 5.19. The average molecular weight is 404 g/mol. The van der Waals surface area contributed by atoms with E-state index in [1.165, 1.54) is 36.4 Å². The number of aromatic nitrogens is 2. The normalized spacial score (nSPS) is 11.6. The number of ether oxygens (including phenoxy) is 1. The highest BCUT2D eigenvalue weighted by molar-refractivity contribution is 7.89. The standard InChI is InChI=1S/C18H20N4O5S/c1-2-3-10-21-17-9-8-15(28(19,25)26)11-16(17)20-18(21)12-27-14-6-4-13(5-7-14)22(23)24/h4-9,11H,2-3,10,12H2,1H3,(H2,19,25,26). The first-order valence-corrected chi connectivity index (χ1v) is 10.2. The van der Waals surface area contributed by atoms with Gasteiger partial charge in [0.2, 0.25) is 10.0 Å². The Bertz CT molecular complexity index is 1110. The lowest BCUT2D eigenvalue weighted by molar-refractivity contribution is -0.384. The summed E-state index contributed by atoms with van der Waals surface area (Å²) in [6, 6.07) is 10.4. The summed E-state index contributed by atoms with van der Waals surface area (Å²) in [4.78, 5) is 14.8. The summed E-state index contributed by atoms with van der Waals surface area (Å²) in [5.41, 5.74) is 1.30. The van der Waals surface area contributed by atoms with Crippen LogP contribution in [0.4, 0.5) is 5.69 Å². The molecule has 1 aromatic heterocycles. The van der Waals surface area contributed by atoms with Gasteiger partial charge in [-0.2, -0.15) is 0 Å². The van der Waals surface area contributed by atoms with Crippen molar-refractivity contribution in [1.29, 1.82) is 0 Å². The monoisotopic (exact) mass is 404 g/mol. The van der Waals surface area contributed by atoms with Gasteiger partial charge < -0.3 is 9.30 Å². The topological polar surface area (TPSA) is 130 Å². The molecule has 0 spiro atoms. The van der Waals surface area contributed by atoms with Gasteiger partial charge in [-0.15, -0.1) is 0 Å². The molecule has 9 nitrogen and oxygen atoms in total. The zero-order valence-electron chi connectivity index (χ0n) is 15.2. The van der Waals surface area contributed by atoms with E-state index < -0.39 is 14.9 Å². The number of primary sulfonamides is 1. The first-order chi connectivity index (χ1) is 13.3. The molecule has 0 unspecified atom stereocenters. The Hall–Kier alpha value is -2.98. The molecule has 0 bridgehead atoms. The summed E-state index contributed by atoms with van der Waals surface area (Å²) < 4.78 is 30.9. The van der Waals surface area contributed by atoms with Gasteiger partial charge in [0, 0.05) is 18.7 Å². The Morgan fingerprint density at radius 3 is 2.54 bits per heavy atom. The van der Waals surface area contributed by atoms with Gasteiger partial charge in [-0.25, -0.2) is 18.5 Å². The average Bonchev–Trinajstić information content (AvgIpc) is 3.01. The number of nitro groups is 1. The highest BCUT2D eigenvalue weighted by Gasteiger charge is 2.15. The molecular weight excluding hydrogens is 384 g/mol. The van der Waals surface area contributed by atoms with Crippen LogP contribution in [-0.4, -0.2) is 22.9 Å². The molecule has 0 saturated heterocycles. The second-order valence-corrected chi connectivity index (χ2v) is 7.83.